The predicted molar refractivity (Wildman–Crippen MR) is 337 cm³/mol. The molecule has 0 spiro atoms. The number of amides is 6. The largest absolute Gasteiger partial charge is 0.493 e. The van der Waals surface area contributed by atoms with Gasteiger partial charge in [0.1, 0.15) is 36.6 Å². The van der Waals surface area contributed by atoms with Crippen molar-refractivity contribution in [3.8, 4) is 11.5 Å². The van der Waals surface area contributed by atoms with Crippen LogP contribution in [0.15, 0.2) is 115 Å². The molecule has 3 aliphatic rings. The van der Waals surface area contributed by atoms with Gasteiger partial charge in [-0.3, -0.25) is 38.4 Å². The number of aryl methyl sites for hydroxylation is 1. The number of likely N-dealkylation sites (N-methyl/N-ethyl adjacent to an activating group) is 3. The van der Waals surface area contributed by atoms with Crippen LogP contribution in [-0.4, -0.2) is 175 Å². The number of Topliss-reactive ketones (excluding diaryl/α,β-unsaturated/α-hetero) is 2. The summed E-state index contributed by atoms with van der Waals surface area (Å²) in [6, 6.07) is 25.3. The number of piperidine rings is 1. The van der Waals surface area contributed by atoms with Crippen molar-refractivity contribution in [1.82, 2.24) is 29.8 Å². The van der Waals surface area contributed by atoms with Crippen molar-refractivity contribution in [3.05, 3.63) is 143 Å². The number of methoxy groups -OCH3 is 2. The average molecular weight is 1240 g/mol. The second-order valence-corrected chi connectivity index (χ2v) is 24.9. The van der Waals surface area contributed by atoms with Crippen molar-refractivity contribution in [1.29, 1.82) is 0 Å². The molecule has 3 unspecified atom stereocenters. The molecule has 4 aromatic carbocycles. The summed E-state index contributed by atoms with van der Waals surface area (Å²) in [6.45, 7) is 7.01. The van der Waals surface area contributed by atoms with E-state index in [0.717, 1.165) is 11.1 Å². The van der Waals surface area contributed by atoms with Crippen LogP contribution in [0.25, 0.3) is 0 Å². The molecule has 2 saturated heterocycles. The number of cyclic esters (lactones) is 1. The van der Waals surface area contributed by atoms with Crippen molar-refractivity contribution in [3.63, 3.8) is 0 Å². The number of benzene rings is 4. The molecular formula is C70H90N6O14. The zero-order valence-electron chi connectivity index (χ0n) is 53.6. The minimum Gasteiger partial charge on any atom is -0.493 e. The van der Waals surface area contributed by atoms with Gasteiger partial charge in [-0.05, 0) is 118 Å². The molecule has 2 N–H and O–H groups in total. The van der Waals surface area contributed by atoms with Gasteiger partial charge in [-0.25, -0.2) is 4.79 Å². The number of aliphatic hydroxyl groups excluding tert-OH is 1. The number of hydrogen-bond acceptors (Lipinski definition) is 14. The van der Waals surface area contributed by atoms with Crippen molar-refractivity contribution in [2.75, 3.05) is 61.6 Å². The Hall–Kier alpha value is -8.23. The third kappa shape index (κ3) is 18.2. The highest BCUT2D eigenvalue weighted by molar-refractivity contribution is 6.38. The van der Waals surface area contributed by atoms with Crippen LogP contribution in [0.5, 0.6) is 11.5 Å². The Kier molecular flexibility index (Phi) is 25.0. The summed E-state index contributed by atoms with van der Waals surface area (Å²) in [4.78, 5) is 136. The lowest BCUT2D eigenvalue weighted by molar-refractivity contribution is -0.188. The summed E-state index contributed by atoms with van der Waals surface area (Å²) in [5.74, 6) is -4.11. The monoisotopic (exact) mass is 1240 g/mol. The molecule has 0 aromatic heterocycles. The molecular weight excluding hydrogens is 1150 g/mol. The minimum absolute atomic E-state index is 0.0196. The summed E-state index contributed by atoms with van der Waals surface area (Å²) in [6.07, 6.45) is 3.52. The van der Waals surface area contributed by atoms with Crippen LogP contribution < -0.4 is 14.8 Å². The summed E-state index contributed by atoms with van der Waals surface area (Å²) in [5, 5.41) is 15.0. The fourth-order valence-corrected chi connectivity index (χ4v) is 12.0. The number of fused-ring (bicyclic) bond motifs is 4. The summed E-state index contributed by atoms with van der Waals surface area (Å²) in [7, 11) is 7.76. The molecule has 0 saturated carbocycles. The van der Waals surface area contributed by atoms with E-state index in [9.17, 15) is 38.7 Å². The Morgan fingerprint density at radius 1 is 0.678 bits per heavy atom. The number of carbonyl (C=O) groups is 9. The Morgan fingerprint density at radius 3 is 2.06 bits per heavy atom. The predicted octanol–water partition coefficient (Wildman–Crippen LogP) is 7.33. The number of carbonyl (C=O) groups excluding carboxylic acids is 9. The minimum atomic E-state index is -1.57. The zero-order valence-corrected chi connectivity index (χ0v) is 53.6. The molecule has 90 heavy (non-hydrogen) atoms. The molecule has 2 fully saturated rings. The van der Waals surface area contributed by atoms with E-state index in [1.807, 2.05) is 62.4 Å². The fourth-order valence-electron chi connectivity index (χ4n) is 12.0. The maximum Gasteiger partial charge on any atom is 0.330 e. The van der Waals surface area contributed by atoms with Gasteiger partial charge in [-0.1, -0.05) is 111 Å². The number of hydrogen-bond donors (Lipinski definition) is 2. The molecule has 3 heterocycles. The van der Waals surface area contributed by atoms with Crippen LogP contribution >= 0.6 is 0 Å². The first-order valence-corrected chi connectivity index (χ1v) is 31.3. The first-order valence-electron chi connectivity index (χ1n) is 31.3. The van der Waals surface area contributed by atoms with Crippen molar-refractivity contribution >= 4 is 53.0 Å². The van der Waals surface area contributed by atoms with Gasteiger partial charge in [0.2, 0.25) is 35.3 Å². The van der Waals surface area contributed by atoms with E-state index in [1.54, 1.807) is 82.9 Å². The van der Waals surface area contributed by atoms with E-state index < -0.39 is 95.9 Å². The highest BCUT2D eigenvalue weighted by Gasteiger charge is 2.45. The maximum absolute atomic E-state index is 15.2. The van der Waals surface area contributed by atoms with Crippen LogP contribution in [0.2, 0.25) is 0 Å². The molecule has 7 atom stereocenters. The standard InChI is InChI=1S/C70H90N6O14/c1-46(2)40-55-64(81)72(5)37-18-17-30-61(79)89-45-70(3,4)63(80)68(85)76-38-19-16-28-54(76)69(86)90-57(34-31-48-32-35-58(87-8)59(44-48)88-9)51-27-20-24-49(41-51)42-52(77)33-36-60(78)71-62(50-25-14-11-15-26-50)67(84)74(7)56(43-47-22-12-10-13-23-47)66(83)75-39-21-29-53(75)65(82)73(55)6/h10-15,17,20,22-27,30,32,35,41,44,46,53-57,62,69,86H,16,18-19,21,28-29,31,33-34,36-40,42-43,45H2,1-9H3,(H,71,78)/t53?,54?,55-,56-,57+,62-,69?/m0/s1. The topological polar surface area (TPSA) is 239 Å². The third-order valence-corrected chi connectivity index (χ3v) is 17.3. The number of ether oxygens (including phenoxy) is 4. The third-order valence-electron chi connectivity index (χ3n) is 17.3. The lowest BCUT2D eigenvalue weighted by Gasteiger charge is -2.40. The molecule has 0 radical (unpaired) electrons. The molecule has 6 amide bonds. The fraction of sp³-hybridized carbons (Fsp3) is 0.500. The molecule has 2 bridgehead atoms. The number of nitrogens with one attached hydrogen (secondary N) is 1. The van der Waals surface area contributed by atoms with Crippen molar-refractivity contribution < 1.29 is 67.2 Å². The quantitative estimate of drug-likeness (QED) is 0.117. The van der Waals surface area contributed by atoms with Crippen LogP contribution in [0.4, 0.5) is 0 Å². The second kappa shape index (κ2) is 32.5. The summed E-state index contributed by atoms with van der Waals surface area (Å²) in [5.41, 5.74) is 1.82. The highest BCUT2D eigenvalue weighted by Crippen LogP contribution is 2.34. The number of ketones is 2. The van der Waals surface area contributed by atoms with E-state index in [4.69, 9.17) is 18.9 Å². The number of esters is 1. The first-order chi connectivity index (χ1) is 43.0. The SMILES string of the molecule is COc1ccc(CC[C@H]2OC(O)C3CCCCN3C(=O)C(=O)C(C)(C)COC(=O)C=CCCN(C)C(=O)[C@H](CC(C)C)N(C)C(=O)C3CCCN3C(=O)[C@H](Cc3ccccc3)N(C)C(=O)[C@H](c3ccccc3)NC(=O)CCC(=O)Cc3cccc2c3)cc1OC. The van der Waals surface area contributed by atoms with Crippen LogP contribution in [-0.2, 0) is 71.9 Å². The van der Waals surface area contributed by atoms with Gasteiger partial charge >= 0.3 is 5.97 Å². The molecule has 20 heteroatoms. The molecule has 0 aliphatic carbocycles. The first kappa shape index (κ1) is 69.2. The van der Waals surface area contributed by atoms with Gasteiger partial charge in [0.25, 0.3) is 5.91 Å². The summed E-state index contributed by atoms with van der Waals surface area (Å²) < 4.78 is 23.1. The van der Waals surface area contributed by atoms with Gasteiger partial charge in [-0.2, -0.15) is 0 Å². The van der Waals surface area contributed by atoms with E-state index in [-0.39, 0.29) is 69.3 Å². The van der Waals surface area contributed by atoms with Gasteiger partial charge in [0, 0.05) is 72.5 Å². The van der Waals surface area contributed by atoms with Gasteiger partial charge in [0.15, 0.2) is 17.8 Å². The van der Waals surface area contributed by atoms with Crippen LogP contribution in [0, 0.1) is 11.3 Å². The zero-order chi connectivity index (χ0) is 65.2. The smallest absolute Gasteiger partial charge is 0.330 e. The maximum atomic E-state index is 15.2. The molecule has 20 nitrogen and oxygen atoms in total. The van der Waals surface area contributed by atoms with Gasteiger partial charge in [-0.15, -0.1) is 0 Å². The molecule has 7 rings (SSSR count). The molecule has 3 aliphatic heterocycles. The van der Waals surface area contributed by atoms with E-state index in [1.165, 1.54) is 57.5 Å². The number of nitrogens with zero attached hydrogens (tertiary/aromatic N) is 5. The normalized spacial score (nSPS) is 24.0. The number of rotatable bonds is 10. The lowest BCUT2D eigenvalue weighted by atomic mass is 9.87. The van der Waals surface area contributed by atoms with Crippen LogP contribution in [0.3, 0.4) is 0 Å². The molecule has 4 aromatic rings. The van der Waals surface area contributed by atoms with E-state index in [2.05, 4.69) is 5.32 Å². The lowest BCUT2D eigenvalue weighted by Crippen LogP contribution is -2.58. The second-order valence-electron chi connectivity index (χ2n) is 24.9. The Labute approximate surface area is 529 Å². The summed E-state index contributed by atoms with van der Waals surface area (Å²) >= 11 is 0. The van der Waals surface area contributed by atoms with Crippen LogP contribution in [0.1, 0.15) is 132 Å². The average Bonchev–Trinajstić information content (AvgIpc) is 1.52. The Balaban J connectivity index is 1.20. The Bertz CT molecular complexity index is 3190. The van der Waals surface area contributed by atoms with E-state index in [0.29, 0.717) is 79.6 Å². The molecule has 484 valence electrons. The highest BCUT2D eigenvalue weighted by atomic mass is 16.6. The van der Waals surface area contributed by atoms with Crippen molar-refractivity contribution in [2.45, 2.75) is 154 Å². The van der Waals surface area contributed by atoms with E-state index >= 15 is 9.59 Å². The van der Waals surface area contributed by atoms with Crippen molar-refractivity contribution in [2.24, 2.45) is 11.3 Å². The van der Waals surface area contributed by atoms with Gasteiger partial charge < -0.3 is 53.9 Å². The Morgan fingerprint density at radius 2 is 1.36 bits per heavy atom. The van der Waals surface area contributed by atoms with Gasteiger partial charge in [0.05, 0.1) is 31.8 Å². The number of aliphatic hydroxyl groups is 1.